The lowest BCUT2D eigenvalue weighted by molar-refractivity contribution is 0.0970. The zero-order valence-electron chi connectivity index (χ0n) is 23.2. The smallest absolute Gasteiger partial charge is 0.296 e. The van der Waals surface area contributed by atoms with E-state index >= 15 is 0 Å². The van der Waals surface area contributed by atoms with Gasteiger partial charge in [-0.05, 0) is 92.8 Å². The van der Waals surface area contributed by atoms with Crippen molar-refractivity contribution in [2.45, 2.75) is 59.9 Å². The average Bonchev–Trinajstić information content (AvgIpc) is 3.21. The first-order chi connectivity index (χ1) is 18.8. The van der Waals surface area contributed by atoms with Crippen LogP contribution in [0.4, 0.5) is 5.82 Å². The number of carbonyl (C=O) groups is 1. The van der Waals surface area contributed by atoms with Crippen molar-refractivity contribution in [3.05, 3.63) is 92.5 Å². The summed E-state index contributed by atoms with van der Waals surface area (Å²) in [5, 5.41) is 0.453. The number of benzene rings is 2. The van der Waals surface area contributed by atoms with Gasteiger partial charge in [-0.1, -0.05) is 25.8 Å². The Labute approximate surface area is 228 Å². The van der Waals surface area contributed by atoms with Crippen LogP contribution in [-0.4, -0.2) is 24.1 Å². The third kappa shape index (κ3) is 4.89. The molecule has 0 aliphatic carbocycles. The van der Waals surface area contributed by atoms with Crippen LogP contribution in [-0.2, 0) is 0 Å². The van der Waals surface area contributed by atoms with Gasteiger partial charge in [-0.15, -0.1) is 0 Å². The Morgan fingerprint density at radius 2 is 1.72 bits per heavy atom. The fourth-order valence-electron chi connectivity index (χ4n) is 5.05. The standard InChI is InChI=1S/C32H34N2O5/c1-6-8-9-14-38-24-11-10-22(18-26(24)37-7-2)29-28-30(35)23-16-20(4)21(5)17-25(23)39-31(28)32(36)34(29)27-15-19(3)12-13-33-27/h10-13,15-18,29H,6-9,14H2,1-5H3. The molecule has 0 bridgehead atoms. The van der Waals surface area contributed by atoms with Gasteiger partial charge in [0, 0.05) is 6.20 Å². The Morgan fingerprint density at radius 1 is 0.923 bits per heavy atom. The molecule has 0 saturated heterocycles. The van der Waals surface area contributed by atoms with E-state index in [0.29, 0.717) is 52.6 Å². The molecule has 0 radical (unpaired) electrons. The Morgan fingerprint density at radius 3 is 2.46 bits per heavy atom. The zero-order valence-corrected chi connectivity index (χ0v) is 23.2. The summed E-state index contributed by atoms with van der Waals surface area (Å²) in [6.07, 6.45) is 4.81. The Balaban J connectivity index is 1.70. The molecule has 1 unspecified atom stereocenters. The van der Waals surface area contributed by atoms with Crippen LogP contribution >= 0.6 is 0 Å². The van der Waals surface area contributed by atoms with Crippen LogP contribution < -0.4 is 19.8 Å². The van der Waals surface area contributed by atoms with Crippen molar-refractivity contribution < 1.29 is 18.7 Å². The molecule has 0 spiro atoms. The molecule has 2 aromatic heterocycles. The van der Waals surface area contributed by atoms with E-state index in [-0.39, 0.29) is 11.2 Å². The summed E-state index contributed by atoms with van der Waals surface area (Å²) in [4.78, 5) is 34.0. The molecule has 5 rings (SSSR count). The number of aromatic nitrogens is 1. The van der Waals surface area contributed by atoms with Crippen LogP contribution in [0.25, 0.3) is 11.0 Å². The van der Waals surface area contributed by atoms with E-state index in [1.807, 2.05) is 70.2 Å². The number of fused-ring (bicyclic) bond motifs is 2. The van der Waals surface area contributed by atoms with Crippen LogP contribution in [0.5, 0.6) is 11.5 Å². The monoisotopic (exact) mass is 526 g/mol. The van der Waals surface area contributed by atoms with E-state index in [1.54, 1.807) is 11.1 Å². The second-order valence-electron chi connectivity index (χ2n) is 10.1. The number of hydrogen-bond donors (Lipinski definition) is 0. The number of anilines is 1. The van der Waals surface area contributed by atoms with Crippen molar-refractivity contribution in [2.24, 2.45) is 0 Å². The lowest BCUT2D eigenvalue weighted by atomic mass is 9.97. The maximum atomic E-state index is 14.0. The highest BCUT2D eigenvalue weighted by Crippen LogP contribution is 2.43. The second-order valence-corrected chi connectivity index (χ2v) is 10.1. The number of pyridine rings is 1. The molecule has 3 heterocycles. The number of ether oxygens (including phenoxy) is 2. The van der Waals surface area contributed by atoms with Gasteiger partial charge in [0.15, 0.2) is 16.9 Å². The lowest BCUT2D eigenvalue weighted by Crippen LogP contribution is -2.30. The highest BCUT2D eigenvalue weighted by molar-refractivity contribution is 6.10. The molecular formula is C32H34N2O5. The van der Waals surface area contributed by atoms with Crippen LogP contribution in [0, 0.1) is 20.8 Å². The second kappa shape index (κ2) is 10.9. The first kappa shape index (κ1) is 26.5. The molecule has 202 valence electrons. The van der Waals surface area contributed by atoms with Crippen molar-refractivity contribution in [1.82, 2.24) is 4.98 Å². The molecular weight excluding hydrogens is 492 g/mol. The summed E-state index contributed by atoms with van der Waals surface area (Å²) in [6.45, 7) is 11.0. The summed E-state index contributed by atoms with van der Waals surface area (Å²) in [5.74, 6) is 1.30. The van der Waals surface area contributed by atoms with E-state index < -0.39 is 11.9 Å². The van der Waals surface area contributed by atoms with Crippen molar-refractivity contribution in [2.75, 3.05) is 18.1 Å². The van der Waals surface area contributed by atoms with Gasteiger partial charge in [-0.3, -0.25) is 14.5 Å². The molecule has 1 amide bonds. The SMILES string of the molecule is CCCCCOc1ccc(C2c3c(oc4cc(C)c(C)cc4c3=O)C(=O)N2c2cc(C)ccn2)cc1OCC. The van der Waals surface area contributed by atoms with Gasteiger partial charge in [0.25, 0.3) is 5.91 Å². The fourth-order valence-corrected chi connectivity index (χ4v) is 5.05. The van der Waals surface area contributed by atoms with Crippen molar-refractivity contribution in [3.8, 4) is 11.5 Å². The molecule has 1 atom stereocenters. The van der Waals surface area contributed by atoms with Gasteiger partial charge < -0.3 is 13.9 Å². The minimum atomic E-state index is -0.739. The predicted octanol–water partition coefficient (Wildman–Crippen LogP) is 6.83. The molecule has 39 heavy (non-hydrogen) atoms. The van der Waals surface area contributed by atoms with E-state index in [2.05, 4.69) is 11.9 Å². The topological polar surface area (TPSA) is 81.9 Å². The number of rotatable bonds is 9. The average molecular weight is 527 g/mol. The molecule has 0 saturated carbocycles. The summed E-state index contributed by atoms with van der Waals surface area (Å²) in [6, 6.07) is 12.2. The summed E-state index contributed by atoms with van der Waals surface area (Å²) >= 11 is 0. The molecule has 4 aromatic rings. The third-order valence-corrected chi connectivity index (χ3v) is 7.22. The molecule has 0 fully saturated rings. The minimum absolute atomic E-state index is 0.0434. The largest absolute Gasteiger partial charge is 0.490 e. The predicted molar refractivity (Wildman–Crippen MR) is 152 cm³/mol. The van der Waals surface area contributed by atoms with E-state index in [1.165, 1.54) is 0 Å². The number of hydrogen-bond acceptors (Lipinski definition) is 6. The highest BCUT2D eigenvalue weighted by atomic mass is 16.5. The Hall–Kier alpha value is -4.13. The van der Waals surface area contributed by atoms with Crippen molar-refractivity contribution in [3.63, 3.8) is 0 Å². The van der Waals surface area contributed by atoms with Crippen LogP contribution in [0.3, 0.4) is 0 Å². The minimum Gasteiger partial charge on any atom is -0.490 e. The molecule has 0 N–H and O–H groups in total. The van der Waals surface area contributed by atoms with Crippen LogP contribution in [0.1, 0.15) is 77.5 Å². The number of amides is 1. The van der Waals surface area contributed by atoms with E-state index in [4.69, 9.17) is 13.9 Å². The maximum absolute atomic E-state index is 14.0. The third-order valence-electron chi connectivity index (χ3n) is 7.22. The van der Waals surface area contributed by atoms with Gasteiger partial charge in [0.05, 0.1) is 30.2 Å². The zero-order chi connectivity index (χ0) is 27.7. The van der Waals surface area contributed by atoms with Crippen molar-refractivity contribution >= 4 is 22.7 Å². The van der Waals surface area contributed by atoms with Crippen molar-refractivity contribution in [1.29, 1.82) is 0 Å². The molecule has 7 heteroatoms. The molecule has 1 aliphatic heterocycles. The number of aryl methyl sites for hydroxylation is 3. The number of nitrogens with zero attached hydrogens (tertiary/aromatic N) is 2. The number of unbranched alkanes of at least 4 members (excludes halogenated alkanes) is 2. The Bertz CT molecular complexity index is 1610. The normalized spacial score (nSPS) is 14.6. The van der Waals surface area contributed by atoms with Crippen LogP contribution in [0.15, 0.2) is 57.9 Å². The van der Waals surface area contributed by atoms with Gasteiger partial charge in [0.2, 0.25) is 5.76 Å². The fraction of sp³-hybridized carbons (Fsp3) is 0.344. The molecule has 1 aliphatic rings. The lowest BCUT2D eigenvalue weighted by Gasteiger charge is -2.25. The van der Waals surface area contributed by atoms with Gasteiger partial charge in [-0.25, -0.2) is 4.98 Å². The van der Waals surface area contributed by atoms with E-state index in [0.717, 1.165) is 36.0 Å². The maximum Gasteiger partial charge on any atom is 0.296 e. The van der Waals surface area contributed by atoms with Gasteiger partial charge in [-0.2, -0.15) is 0 Å². The summed E-state index contributed by atoms with van der Waals surface area (Å²) in [7, 11) is 0. The van der Waals surface area contributed by atoms with E-state index in [9.17, 15) is 9.59 Å². The molecule has 7 nitrogen and oxygen atoms in total. The quantitative estimate of drug-likeness (QED) is 0.222. The first-order valence-corrected chi connectivity index (χ1v) is 13.6. The molecule has 2 aromatic carbocycles. The Kier molecular flexibility index (Phi) is 7.42. The van der Waals surface area contributed by atoms with Gasteiger partial charge >= 0.3 is 0 Å². The highest BCUT2D eigenvalue weighted by Gasteiger charge is 2.44. The number of carbonyl (C=O) groups excluding carboxylic acids is 1. The summed E-state index contributed by atoms with van der Waals surface area (Å²) in [5.41, 5.74) is 4.11. The van der Waals surface area contributed by atoms with Crippen LogP contribution in [0.2, 0.25) is 0 Å². The first-order valence-electron chi connectivity index (χ1n) is 13.6. The summed E-state index contributed by atoms with van der Waals surface area (Å²) < 4.78 is 18.2. The van der Waals surface area contributed by atoms with Gasteiger partial charge in [0.1, 0.15) is 11.4 Å².